The van der Waals surface area contributed by atoms with Gasteiger partial charge in [0.25, 0.3) is 5.91 Å². The van der Waals surface area contributed by atoms with Gasteiger partial charge in [-0.3, -0.25) is 10.1 Å². The van der Waals surface area contributed by atoms with Crippen molar-refractivity contribution < 1.29 is 23.5 Å². The molecule has 1 aromatic carbocycles. The minimum atomic E-state index is -1.07. The highest BCUT2D eigenvalue weighted by Crippen LogP contribution is 2.20. The van der Waals surface area contributed by atoms with Crippen molar-refractivity contribution >= 4 is 29.5 Å². The molecule has 0 radical (unpaired) electrons. The Morgan fingerprint density at radius 2 is 2.05 bits per heavy atom. The molecule has 6 nitrogen and oxygen atoms in total. The number of carbonyl (C=O) groups excluding carboxylic acids is 3. The number of imide groups is 1. The van der Waals surface area contributed by atoms with Crippen LogP contribution in [0.4, 0.5) is 9.18 Å². The first-order valence-electron chi connectivity index (χ1n) is 6.19. The smallest absolute Gasteiger partial charge is 0.343 e. The fourth-order valence-electron chi connectivity index (χ4n) is 1.51. The Balaban J connectivity index is 1.82. The third-order valence-corrected chi connectivity index (χ3v) is 2.98. The highest BCUT2D eigenvalue weighted by atomic mass is 35.5. The average Bonchev–Trinajstić information content (AvgIpc) is 3.19. The molecule has 2 N–H and O–H groups in total. The van der Waals surface area contributed by atoms with E-state index in [1.165, 1.54) is 12.1 Å². The van der Waals surface area contributed by atoms with Gasteiger partial charge in [0.15, 0.2) is 6.61 Å². The molecular weight excluding hydrogens is 303 g/mol. The standard InChI is InChI=1S/C13H12ClFN2O4/c14-8-2-1-3-9(15)11(8)12(19)21-6-10(18)17-13(20)16-7-4-5-7/h1-3,7H,4-6H2,(H2,16,17,18,20). The second kappa shape index (κ2) is 6.53. The van der Waals surface area contributed by atoms with E-state index in [1.54, 1.807) is 0 Å². The minimum Gasteiger partial charge on any atom is -0.452 e. The first-order chi connectivity index (χ1) is 9.97. The molecule has 1 fully saturated rings. The maximum Gasteiger partial charge on any atom is 0.343 e. The number of hydrogen-bond acceptors (Lipinski definition) is 4. The number of carbonyl (C=O) groups is 3. The fourth-order valence-corrected chi connectivity index (χ4v) is 1.75. The second-order valence-corrected chi connectivity index (χ2v) is 4.88. The molecule has 0 spiro atoms. The summed E-state index contributed by atoms with van der Waals surface area (Å²) in [4.78, 5) is 34.3. The number of rotatable bonds is 4. The van der Waals surface area contributed by atoms with Crippen LogP contribution in [-0.4, -0.2) is 30.6 Å². The lowest BCUT2D eigenvalue weighted by Crippen LogP contribution is -2.42. The van der Waals surface area contributed by atoms with Gasteiger partial charge in [0.2, 0.25) is 0 Å². The monoisotopic (exact) mass is 314 g/mol. The van der Waals surface area contributed by atoms with Crippen LogP contribution in [0.1, 0.15) is 23.2 Å². The van der Waals surface area contributed by atoms with E-state index < -0.39 is 35.9 Å². The number of ether oxygens (including phenoxy) is 1. The first kappa shape index (κ1) is 15.2. The summed E-state index contributed by atoms with van der Waals surface area (Å²) in [5.41, 5.74) is -0.450. The number of urea groups is 1. The lowest BCUT2D eigenvalue weighted by molar-refractivity contribution is -0.123. The molecule has 2 rings (SSSR count). The quantitative estimate of drug-likeness (QED) is 0.827. The Labute approximate surface area is 124 Å². The molecule has 0 aliphatic heterocycles. The molecule has 0 unspecified atom stereocenters. The van der Waals surface area contributed by atoms with Gasteiger partial charge in [-0.2, -0.15) is 0 Å². The lowest BCUT2D eigenvalue weighted by atomic mass is 10.2. The van der Waals surface area contributed by atoms with Crippen molar-refractivity contribution in [3.8, 4) is 0 Å². The van der Waals surface area contributed by atoms with E-state index in [0.717, 1.165) is 18.9 Å². The van der Waals surface area contributed by atoms with E-state index in [-0.39, 0.29) is 11.1 Å². The Morgan fingerprint density at radius 1 is 1.33 bits per heavy atom. The molecule has 3 amide bonds. The van der Waals surface area contributed by atoms with Gasteiger partial charge in [0, 0.05) is 6.04 Å². The molecule has 1 aliphatic rings. The summed E-state index contributed by atoms with van der Waals surface area (Å²) < 4.78 is 18.1. The largest absolute Gasteiger partial charge is 0.452 e. The van der Waals surface area contributed by atoms with Crippen molar-refractivity contribution in [1.82, 2.24) is 10.6 Å². The molecule has 0 heterocycles. The number of hydrogen-bond donors (Lipinski definition) is 2. The van der Waals surface area contributed by atoms with E-state index in [2.05, 4.69) is 10.1 Å². The highest BCUT2D eigenvalue weighted by molar-refractivity contribution is 6.33. The molecule has 1 aliphatic carbocycles. The van der Waals surface area contributed by atoms with E-state index in [0.29, 0.717) is 0 Å². The average molecular weight is 315 g/mol. The van der Waals surface area contributed by atoms with Crippen LogP contribution in [-0.2, 0) is 9.53 Å². The van der Waals surface area contributed by atoms with Gasteiger partial charge in [-0.15, -0.1) is 0 Å². The number of nitrogens with one attached hydrogen (secondary N) is 2. The second-order valence-electron chi connectivity index (χ2n) is 4.47. The predicted molar refractivity (Wildman–Crippen MR) is 71.4 cm³/mol. The van der Waals surface area contributed by atoms with Crippen LogP contribution < -0.4 is 10.6 Å². The van der Waals surface area contributed by atoms with Crippen molar-refractivity contribution in [3.05, 3.63) is 34.6 Å². The molecule has 0 atom stereocenters. The van der Waals surface area contributed by atoms with Crippen LogP contribution in [0.25, 0.3) is 0 Å². The molecule has 112 valence electrons. The third-order valence-electron chi connectivity index (χ3n) is 2.67. The number of benzene rings is 1. The highest BCUT2D eigenvalue weighted by Gasteiger charge is 2.24. The molecular formula is C13H12ClFN2O4. The summed E-state index contributed by atoms with van der Waals surface area (Å²) in [5, 5.41) is 4.41. The summed E-state index contributed by atoms with van der Waals surface area (Å²) in [5.74, 6) is -2.73. The van der Waals surface area contributed by atoms with Crippen molar-refractivity contribution in [1.29, 1.82) is 0 Å². The van der Waals surface area contributed by atoms with Crippen LogP contribution in [0.2, 0.25) is 5.02 Å². The van der Waals surface area contributed by atoms with Crippen molar-refractivity contribution in [2.45, 2.75) is 18.9 Å². The van der Waals surface area contributed by atoms with Gasteiger partial charge < -0.3 is 10.1 Å². The van der Waals surface area contributed by atoms with Gasteiger partial charge >= 0.3 is 12.0 Å². The summed E-state index contributed by atoms with van der Waals surface area (Å²) in [6, 6.07) is 3.15. The number of halogens is 2. The lowest BCUT2D eigenvalue weighted by Gasteiger charge is -2.08. The zero-order chi connectivity index (χ0) is 15.4. The Bertz CT molecular complexity index is 569. The van der Waals surface area contributed by atoms with Gasteiger partial charge in [0.1, 0.15) is 11.4 Å². The summed E-state index contributed by atoms with van der Waals surface area (Å²) in [6.45, 7) is -0.707. The van der Waals surface area contributed by atoms with E-state index >= 15 is 0 Å². The number of esters is 1. The number of amides is 3. The maximum absolute atomic E-state index is 13.4. The maximum atomic E-state index is 13.4. The van der Waals surface area contributed by atoms with Gasteiger partial charge in [-0.05, 0) is 25.0 Å². The van der Waals surface area contributed by atoms with Crippen molar-refractivity contribution in [2.75, 3.05) is 6.61 Å². The normalized spacial score (nSPS) is 13.4. The molecule has 0 bridgehead atoms. The molecule has 0 saturated heterocycles. The Hall–Kier alpha value is -2.15. The predicted octanol–water partition coefficient (Wildman–Crippen LogP) is 1.62. The van der Waals surface area contributed by atoms with Crippen LogP contribution in [0.5, 0.6) is 0 Å². The first-order valence-corrected chi connectivity index (χ1v) is 6.56. The molecule has 8 heteroatoms. The Kier molecular flexibility index (Phi) is 4.74. The summed E-state index contributed by atoms with van der Waals surface area (Å²) in [6.07, 6.45) is 1.75. The van der Waals surface area contributed by atoms with Crippen LogP contribution in [0.3, 0.4) is 0 Å². The van der Waals surface area contributed by atoms with Crippen molar-refractivity contribution in [2.24, 2.45) is 0 Å². The topological polar surface area (TPSA) is 84.5 Å². The van der Waals surface area contributed by atoms with Gasteiger partial charge in [-0.25, -0.2) is 14.0 Å². The molecule has 1 saturated carbocycles. The van der Waals surface area contributed by atoms with Crippen LogP contribution >= 0.6 is 11.6 Å². The molecule has 1 aromatic rings. The zero-order valence-corrected chi connectivity index (χ0v) is 11.6. The van der Waals surface area contributed by atoms with E-state index in [4.69, 9.17) is 11.6 Å². The van der Waals surface area contributed by atoms with Crippen molar-refractivity contribution in [3.63, 3.8) is 0 Å². The SMILES string of the molecule is O=C(COC(=O)c1c(F)cccc1Cl)NC(=O)NC1CC1. The zero-order valence-electron chi connectivity index (χ0n) is 10.8. The van der Waals surface area contributed by atoms with E-state index in [1.807, 2.05) is 5.32 Å². The minimum absolute atomic E-state index is 0.0950. The van der Waals surface area contributed by atoms with Crippen LogP contribution in [0, 0.1) is 5.82 Å². The Morgan fingerprint density at radius 3 is 2.67 bits per heavy atom. The van der Waals surface area contributed by atoms with Crippen LogP contribution in [0.15, 0.2) is 18.2 Å². The third kappa shape index (κ3) is 4.42. The fraction of sp³-hybridized carbons (Fsp3) is 0.308. The summed E-state index contributed by atoms with van der Waals surface area (Å²) in [7, 11) is 0. The molecule has 21 heavy (non-hydrogen) atoms. The van der Waals surface area contributed by atoms with Gasteiger partial charge in [0.05, 0.1) is 5.02 Å². The van der Waals surface area contributed by atoms with Gasteiger partial charge in [-0.1, -0.05) is 17.7 Å². The van der Waals surface area contributed by atoms with E-state index in [9.17, 15) is 18.8 Å². The molecule has 0 aromatic heterocycles. The summed E-state index contributed by atoms with van der Waals surface area (Å²) >= 11 is 5.68.